The molecular formula is C17H26N2O3. The average Bonchev–Trinajstić information content (AvgIpc) is 2.48. The van der Waals surface area contributed by atoms with Gasteiger partial charge in [-0.2, -0.15) is 0 Å². The minimum absolute atomic E-state index is 0.0139. The Morgan fingerprint density at radius 3 is 2.77 bits per heavy atom. The summed E-state index contributed by atoms with van der Waals surface area (Å²) in [4.78, 5) is 11.4. The summed E-state index contributed by atoms with van der Waals surface area (Å²) in [5.74, 6) is 0.172. The minimum Gasteiger partial charge on any atom is -0.507 e. The molecule has 0 radical (unpaired) electrons. The van der Waals surface area contributed by atoms with Gasteiger partial charge in [0.25, 0.3) is 0 Å². The van der Waals surface area contributed by atoms with Gasteiger partial charge in [0.05, 0.1) is 18.7 Å². The molecule has 0 aliphatic carbocycles. The average molecular weight is 306 g/mol. The number of nitrogens with one attached hydrogen (secondary N) is 2. The first-order chi connectivity index (χ1) is 10.5. The van der Waals surface area contributed by atoms with Crippen LogP contribution in [0.3, 0.4) is 0 Å². The molecule has 22 heavy (non-hydrogen) atoms. The lowest BCUT2D eigenvalue weighted by molar-refractivity contribution is -0.141. The lowest BCUT2D eigenvalue weighted by atomic mass is 10.0. The fourth-order valence-electron chi connectivity index (χ4n) is 1.99. The first-order valence-electron chi connectivity index (χ1n) is 7.73. The highest BCUT2D eigenvalue weighted by Crippen LogP contribution is 2.20. The van der Waals surface area contributed by atoms with E-state index >= 15 is 0 Å². The Kier molecular flexibility index (Phi) is 7.60. The Labute approximate surface area is 132 Å². The molecule has 5 heteroatoms. The molecule has 5 nitrogen and oxygen atoms in total. The van der Waals surface area contributed by atoms with Gasteiger partial charge in [0.15, 0.2) is 0 Å². The molecule has 0 saturated carbocycles. The van der Waals surface area contributed by atoms with Crippen LogP contribution in [0, 0.1) is 11.3 Å². The first-order valence-corrected chi connectivity index (χ1v) is 7.73. The second-order valence-electron chi connectivity index (χ2n) is 5.46. The van der Waals surface area contributed by atoms with Crippen LogP contribution in [0.4, 0.5) is 0 Å². The zero-order chi connectivity index (χ0) is 16.5. The van der Waals surface area contributed by atoms with Gasteiger partial charge < -0.3 is 20.6 Å². The van der Waals surface area contributed by atoms with Crippen LogP contribution in [0.25, 0.3) is 0 Å². The van der Waals surface area contributed by atoms with Crippen LogP contribution in [0.15, 0.2) is 18.2 Å². The van der Waals surface area contributed by atoms with E-state index in [4.69, 9.17) is 10.1 Å². The number of ether oxygens (including phenoxy) is 1. The van der Waals surface area contributed by atoms with Crippen molar-refractivity contribution in [1.29, 1.82) is 5.41 Å². The summed E-state index contributed by atoms with van der Waals surface area (Å²) < 4.78 is 4.83. The van der Waals surface area contributed by atoms with Gasteiger partial charge in [-0.1, -0.05) is 26.3 Å². The van der Waals surface area contributed by atoms with Gasteiger partial charge >= 0.3 is 5.97 Å². The molecule has 1 rings (SSSR count). The summed E-state index contributed by atoms with van der Waals surface area (Å²) >= 11 is 0. The van der Waals surface area contributed by atoms with Crippen LogP contribution in [0.2, 0.25) is 0 Å². The zero-order valence-electron chi connectivity index (χ0n) is 13.6. The maximum Gasteiger partial charge on any atom is 0.311 e. The molecule has 122 valence electrons. The molecule has 0 heterocycles. The fraction of sp³-hybridized carbons (Fsp3) is 0.529. The summed E-state index contributed by atoms with van der Waals surface area (Å²) in [6.45, 7) is 7.95. The standard InChI is InChI=1S/C17H26N2O3/c1-4-12(3)10-19-11-13-6-7-16(20)14(8-13)15(18)9-17(21)22-5-2/h6-8,12,18-20H,4-5,9-11H2,1-3H3. The van der Waals surface area contributed by atoms with Crippen LogP contribution in [-0.4, -0.2) is 29.9 Å². The third-order valence-electron chi connectivity index (χ3n) is 3.53. The topological polar surface area (TPSA) is 82.4 Å². The summed E-state index contributed by atoms with van der Waals surface area (Å²) in [6.07, 6.45) is 0.989. The van der Waals surface area contributed by atoms with E-state index in [0.717, 1.165) is 18.5 Å². The molecule has 0 aliphatic rings. The van der Waals surface area contributed by atoms with Crippen molar-refractivity contribution in [3.05, 3.63) is 29.3 Å². The summed E-state index contributed by atoms with van der Waals surface area (Å²) in [5.41, 5.74) is 1.43. The van der Waals surface area contributed by atoms with Gasteiger partial charge in [-0.05, 0) is 37.1 Å². The third-order valence-corrected chi connectivity index (χ3v) is 3.53. The van der Waals surface area contributed by atoms with Crippen molar-refractivity contribution in [2.24, 2.45) is 5.92 Å². The van der Waals surface area contributed by atoms with Crippen molar-refractivity contribution in [2.45, 2.75) is 40.2 Å². The van der Waals surface area contributed by atoms with E-state index in [1.807, 2.05) is 6.07 Å². The zero-order valence-corrected chi connectivity index (χ0v) is 13.6. The van der Waals surface area contributed by atoms with Crippen molar-refractivity contribution < 1.29 is 14.6 Å². The van der Waals surface area contributed by atoms with Crippen molar-refractivity contribution in [2.75, 3.05) is 13.2 Å². The number of carbonyl (C=O) groups excluding carboxylic acids is 1. The number of phenolic OH excluding ortho intramolecular Hbond substituents is 1. The van der Waals surface area contributed by atoms with Gasteiger partial charge in [0.1, 0.15) is 5.75 Å². The van der Waals surface area contributed by atoms with Gasteiger partial charge in [-0.25, -0.2) is 0 Å². The number of hydrogen-bond acceptors (Lipinski definition) is 5. The van der Waals surface area contributed by atoms with Gasteiger partial charge in [0, 0.05) is 12.1 Å². The monoisotopic (exact) mass is 306 g/mol. The Morgan fingerprint density at radius 2 is 2.14 bits per heavy atom. The van der Waals surface area contributed by atoms with Crippen LogP contribution in [-0.2, 0) is 16.1 Å². The summed E-state index contributed by atoms with van der Waals surface area (Å²) in [5, 5.41) is 21.2. The SMILES string of the molecule is CCOC(=O)CC(=N)c1cc(CNCC(C)CC)ccc1O. The number of carbonyl (C=O) groups is 1. The van der Waals surface area contributed by atoms with Gasteiger partial charge in [-0.3, -0.25) is 4.79 Å². The Hall–Kier alpha value is -1.88. The number of hydrogen-bond donors (Lipinski definition) is 3. The summed E-state index contributed by atoms with van der Waals surface area (Å²) in [6, 6.07) is 5.13. The molecule has 0 aromatic heterocycles. The molecule has 0 amide bonds. The number of aromatic hydroxyl groups is 1. The maximum absolute atomic E-state index is 11.4. The van der Waals surface area contributed by atoms with E-state index < -0.39 is 5.97 Å². The Morgan fingerprint density at radius 1 is 1.41 bits per heavy atom. The number of rotatable bonds is 9. The van der Waals surface area contributed by atoms with Crippen molar-refractivity contribution in [3.63, 3.8) is 0 Å². The van der Waals surface area contributed by atoms with Crippen molar-refractivity contribution in [1.82, 2.24) is 5.32 Å². The molecular weight excluding hydrogens is 280 g/mol. The van der Waals surface area contributed by atoms with Crippen molar-refractivity contribution in [3.8, 4) is 5.75 Å². The number of phenols is 1. The van der Waals surface area contributed by atoms with Crippen LogP contribution in [0.1, 0.15) is 44.7 Å². The van der Waals surface area contributed by atoms with E-state index in [-0.39, 0.29) is 24.5 Å². The van der Waals surface area contributed by atoms with E-state index in [0.29, 0.717) is 18.0 Å². The quantitative estimate of drug-likeness (QED) is 0.484. The van der Waals surface area contributed by atoms with Gasteiger partial charge in [0.2, 0.25) is 0 Å². The molecule has 1 unspecified atom stereocenters. The van der Waals surface area contributed by atoms with E-state index in [2.05, 4.69) is 19.2 Å². The molecule has 0 saturated heterocycles. The predicted octanol–water partition coefficient (Wildman–Crippen LogP) is 2.85. The maximum atomic E-state index is 11.4. The van der Waals surface area contributed by atoms with E-state index in [1.165, 1.54) is 0 Å². The molecule has 1 aromatic carbocycles. The highest BCUT2D eigenvalue weighted by atomic mass is 16.5. The number of benzene rings is 1. The lowest BCUT2D eigenvalue weighted by Crippen LogP contribution is -2.20. The fourth-order valence-corrected chi connectivity index (χ4v) is 1.99. The molecule has 0 aliphatic heterocycles. The molecule has 0 bridgehead atoms. The van der Waals surface area contributed by atoms with Crippen LogP contribution >= 0.6 is 0 Å². The predicted molar refractivity (Wildman–Crippen MR) is 87.3 cm³/mol. The molecule has 1 atom stereocenters. The smallest absolute Gasteiger partial charge is 0.311 e. The van der Waals surface area contributed by atoms with Crippen LogP contribution < -0.4 is 5.32 Å². The first kappa shape index (κ1) is 18.2. The minimum atomic E-state index is -0.452. The third kappa shape index (κ3) is 5.85. The second kappa shape index (κ2) is 9.20. The molecule has 0 fully saturated rings. The normalized spacial score (nSPS) is 12.0. The van der Waals surface area contributed by atoms with Crippen LogP contribution in [0.5, 0.6) is 5.75 Å². The summed E-state index contributed by atoms with van der Waals surface area (Å²) in [7, 11) is 0. The van der Waals surface area contributed by atoms with Gasteiger partial charge in [-0.15, -0.1) is 0 Å². The Balaban J connectivity index is 2.69. The Bertz CT molecular complexity index is 515. The van der Waals surface area contributed by atoms with Crippen molar-refractivity contribution >= 4 is 11.7 Å². The molecule has 1 aromatic rings. The highest BCUT2D eigenvalue weighted by molar-refractivity contribution is 6.09. The largest absolute Gasteiger partial charge is 0.507 e. The molecule has 0 spiro atoms. The highest BCUT2D eigenvalue weighted by Gasteiger charge is 2.13. The lowest BCUT2D eigenvalue weighted by Gasteiger charge is -2.12. The number of esters is 1. The second-order valence-corrected chi connectivity index (χ2v) is 5.46. The van der Waals surface area contributed by atoms with E-state index in [9.17, 15) is 9.90 Å². The molecule has 3 N–H and O–H groups in total. The van der Waals surface area contributed by atoms with E-state index in [1.54, 1.807) is 19.1 Å².